The first kappa shape index (κ1) is 19.4. The van der Waals surface area contributed by atoms with E-state index in [9.17, 15) is 4.79 Å². The number of nitrogens with zero attached hydrogens (tertiary/aromatic N) is 4. The predicted octanol–water partition coefficient (Wildman–Crippen LogP) is 1.64. The average molecular weight is 371 g/mol. The van der Waals surface area contributed by atoms with Gasteiger partial charge in [-0.05, 0) is 12.8 Å². The summed E-state index contributed by atoms with van der Waals surface area (Å²) in [5.41, 5.74) is 0.0891. The number of methoxy groups -OCH3 is 1. The largest absolute Gasteiger partial charge is 0.481 e. The molecule has 1 saturated heterocycles. The van der Waals surface area contributed by atoms with Crippen molar-refractivity contribution in [1.82, 2.24) is 20.2 Å². The first-order chi connectivity index (χ1) is 13.1. The molecule has 146 valence electrons. The summed E-state index contributed by atoms with van der Waals surface area (Å²) in [7, 11) is 1.62. The highest BCUT2D eigenvalue weighted by molar-refractivity contribution is 5.72. The lowest BCUT2D eigenvalue weighted by Gasteiger charge is -2.41. The molecule has 3 rings (SSSR count). The van der Waals surface area contributed by atoms with Gasteiger partial charge < -0.3 is 15.0 Å². The average Bonchev–Trinajstić information content (AvgIpc) is 2.69. The summed E-state index contributed by atoms with van der Waals surface area (Å²) in [6, 6.07) is 1.77. The van der Waals surface area contributed by atoms with Crippen LogP contribution in [0.5, 0.6) is 5.88 Å². The van der Waals surface area contributed by atoms with Crippen LogP contribution in [0.4, 0.5) is 5.95 Å². The molecule has 1 aliphatic heterocycles. The summed E-state index contributed by atoms with van der Waals surface area (Å²) >= 11 is 0. The topological polar surface area (TPSA) is 70.6 Å². The normalized spacial score (nSPS) is 22.7. The molecular formula is C20H29N5O2. The molecule has 1 amide bonds. The van der Waals surface area contributed by atoms with Crippen LogP contribution in [0.15, 0.2) is 36.6 Å². The van der Waals surface area contributed by atoms with E-state index in [-0.39, 0.29) is 11.3 Å². The van der Waals surface area contributed by atoms with Crippen LogP contribution < -0.4 is 15.0 Å². The Hall–Kier alpha value is -2.41. The van der Waals surface area contributed by atoms with E-state index in [4.69, 9.17) is 4.74 Å². The van der Waals surface area contributed by atoms with Gasteiger partial charge >= 0.3 is 0 Å². The van der Waals surface area contributed by atoms with Gasteiger partial charge in [0.15, 0.2) is 0 Å². The maximum atomic E-state index is 11.2. The molecule has 1 aliphatic carbocycles. The number of carbonyl (C=O) groups is 1. The maximum absolute atomic E-state index is 11.2. The number of ether oxygens (including phenoxy) is 1. The number of aromatic nitrogens is 2. The van der Waals surface area contributed by atoms with E-state index in [0.29, 0.717) is 12.4 Å². The minimum atomic E-state index is 0.0346. The minimum absolute atomic E-state index is 0.0346. The number of piperazine rings is 1. The highest BCUT2D eigenvalue weighted by Crippen LogP contribution is 2.33. The summed E-state index contributed by atoms with van der Waals surface area (Å²) in [5.74, 6) is 1.36. The molecule has 0 spiro atoms. The van der Waals surface area contributed by atoms with E-state index < -0.39 is 0 Å². The number of allylic oxidation sites excluding steroid dienone is 3. The molecule has 2 aliphatic rings. The number of anilines is 1. The summed E-state index contributed by atoms with van der Waals surface area (Å²) in [4.78, 5) is 24.8. The standard InChI is InChI=1S/C20H29N5O2/c1-17(26)21-11-9-20(7-4-3-5-8-20)16-24-12-14-25(15-13-24)19-22-10-6-18(23-19)27-2/h3-7,10H,8-9,11-16H2,1-2H3,(H,21,26). The third kappa shape index (κ3) is 5.29. The van der Waals surface area contributed by atoms with Crippen molar-refractivity contribution in [3.63, 3.8) is 0 Å². The van der Waals surface area contributed by atoms with Crippen LogP contribution in [0.1, 0.15) is 19.8 Å². The van der Waals surface area contributed by atoms with E-state index in [1.165, 1.54) is 0 Å². The molecule has 2 heterocycles. The third-order valence-electron chi connectivity index (χ3n) is 5.24. The zero-order chi connectivity index (χ0) is 19.1. The summed E-state index contributed by atoms with van der Waals surface area (Å²) < 4.78 is 5.20. The first-order valence-corrected chi connectivity index (χ1v) is 9.53. The molecule has 27 heavy (non-hydrogen) atoms. The van der Waals surface area contributed by atoms with Gasteiger partial charge in [-0.3, -0.25) is 9.69 Å². The molecule has 0 bridgehead atoms. The zero-order valence-electron chi connectivity index (χ0n) is 16.2. The molecule has 7 heteroatoms. The second-order valence-corrected chi connectivity index (χ2v) is 7.25. The fourth-order valence-corrected chi connectivity index (χ4v) is 3.73. The lowest BCUT2D eigenvalue weighted by atomic mass is 9.78. The Kier molecular flexibility index (Phi) is 6.45. The third-order valence-corrected chi connectivity index (χ3v) is 5.24. The lowest BCUT2D eigenvalue weighted by Crippen LogP contribution is -2.50. The quantitative estimate of drug-likeness (QED) is 0.786. The number of hydrogen-bond acceptors (Lipinski definition) is 6. The monoisotopic (exact) mass is 371 g/mol. The molecule has 1 atom stereocenters. The fourth-order valence-electron chi connectivity index (χ4n) is 3.73. The maximum Gasteiger partial charge on any atom is 0.228 e. The van der Waals surface area contributed by atoms with Crippen LogP contribution in [-0.4, -0.2) is 67.2 Å². The van der Waals surface area contributed by atoms with Crippen LogP contribution in [0, 0.1) is 5.41 Å². The number of nitrogens with one attached hydrogen (secondary N) is 1. The second kappa shape index (κ2) is 8.99. The van der Waals surface area contributed by atoms with Crippen molar-refractivity contribution >= 4 is 11.9 Å². The summed E-state index contributed by atoms with van der Waals surface area (Å²) in [6.07, 6.45) is 12.5. The SMILES string of the molecule is COc1ccnc(N2CCN(CC3(CCNC(C)=O)C=CC=CC3)CC2)n1. The van der Waals surface area contributed by atoms with Gasteiger partial charge in [0.2, 0.25) is 17.7 Å². The Balaban J connectivity index is 1.56. The van der Waals surface area contributed by atoms with Gasteiger partial charge in [0.25, 0.3) is 0 Å². The Morgan fingerprint density at radius 1 is 1.30 bits per heavy atom. The van der Waals surface area contributed by atoms with Gasteiger partial charge in [0.1, 0.15) is 0 Å². The molecule has 1 N–H and O–H groups in total. The molecule has 1 unspecified atom stereocenters. The molecule has 1 aromatic heterocycles. The van der Waals surface area contributed by atoms with Crippen molar-refractivity contribution in [3.8, 4) is 5.88 Å². The van der Waals surface area contributed by atoms with E-state index in [2.05, 4.69) is 49.4 Å². The summed E-state index contributed by atoms with van der Waals surface area (Å²) in [5, 5.41) is 2.94. The van der Waals surface area contributed by atoms with E-state index in [1.807, 2.05) is 0 Å². The van der Waals surface area contributed by atoms with Gasteiger partial charge in [0.05, 0.1) is 7.11 Å². The fraction of sp³-hybridized carbons (Fsp3) is 0.550. The van der Waals surface area contributed by atoms with Crippen molar-refractivity contribution in [2.75, 3.05) is 51.3 Å². The van der Waals surface area contributed by atoms with E-state index in [0.717, 1.165) is 51.5 Å². The van der Waals surface area contributed by atoms with Gasteiger partial charge in [-0.2, -0.15) is 4.98 Å². The van der Waals surface area contributed by atoms with Crippen LogP contribution in [0.25, 0.3) is 0 Å². The molecule has 7 nitrogen and oxygen atoms in total. The van der Waals surface area contributed by atoms with Gasteiger partial charge in [-0.15, -0.1) is 0 Å². The van der Waals surface area contributed by atoms with Crippen molar-refractivity contribution in [1.29, 1.82) is 0 Å². The Labute approximate surface area is 161 Å². The first-order valence-electron chi connectivity index (χ1n) is 9.53. The smallest absolute Gasteiger partial charge is 0.228 e. The molecule has 0 aromatic carbocycles. The minimum Gasteiger partial charge on any atom is -0.481 e. The predicted molar refractivity (Wildman–Crippen MR) is 106 cm³/mol. The number of rotatable bonds is 7. The number of carbonyl (C=O) groups excluding carboxylic acids is 1. The van der Waals surface area contributed by atoms with Crippen LogP contribution >= 0.6 is 0 Å². The molecule has 1 aromatic rings. The lowest BCUT2D eigenvalue weighted by molar-refractivity contribution is -0.119. The zero-order valence-corrected chi connectivity index (χ0v) is 16.2. The van der Waals surface area contributed by atoms with Crippen LogP contribution in [0.3, 0.4) is 0 Å². The highest BCUT2D eigenvalue weighted by atomic mass is 16.5. The molecular weight excluding hydrogens is 342 g/mol. The van der Waals surface area contributed by atoms with Gasteiger partial charge in [-0.1, -0.05) is 24.3 Å². The highest BCUT2D eigenvalue weighted by Gasteiger charge is 2.31. The summed E-state index contributed by atoms with van der Waals surface area (Å²) in [6.45, 7) is 7.03. The number of amides is 1. The van der Waals surface area contributed by atoms with Crippen LogP contribution in [0.2, 0.25) is 0 Å². The van der Waals surface area contributed by atoms with E-state index >= 15 is 0 Å². The van der Waals surface area contributed by atoms with Crippen molar-refractivity contribution < 1.29 is 9.53 Å². The van der Waals surface area contributed by atoms with Crippen molar-refractivity contribution in [2.24, 2.45) is 5.41 Å². The Morgan fingerprint density at radius 2 is 2.11 bits per heavy atom. The molecule has 1 fully saturated rings. The number of hydrogen-bond donors (Lipinski definition) is 1. The van der Waals surface area contributed by atoms with Crippen molar-refractivity contribution in [3.05, 3.63) is 36.6 Å². The van der Waals surface area contributed by atoms with Gasteiger partial charge in [-0.25, -0.2) is 4.98 Å². The van der Waals surface area contributed by atoms with E-state index in [1.54, 1.807) is 26.3 Å². The van der Waals surface area contributed by atoms with Crippen LogP contribution in [-0.2, 0) is 4.79 Å². The molecule has 0 saturated carbocycles. The molecule has 0 radical (unpaired) electrons. The Morgan fingerprint density at radius 3 is 2.78 bits per heavy atom. The Bertz CT molecular complexity index is 697. The van der Waals surface area contributed by atoms with Gasteiger partial charge in [0, 0.05) is 63.9 Å². The second-order valence-electron chi connectivity index (χ2n) is 7.25. The van der Waals surface area contributed by atoms with Crippen molar-refractivity contribution in [2.45, 2.75) is 19.8 Å².